The molecule has 0 fully saturated rings. The average molecular weight is 196 g/mol. The predicted molar refractivity (Wildman–Crippen MR) is 46.3 cm³/mol. The van der Waals surface area contributed by atoms with Crippen LogP contribution >= 0.6 is 0 Å². The number of anilines is 1. The minimum absolute atomic E-state index is 0.0373. The summed E-state index contributed by atoms with van der Waals surface area (Å²) in [4.78, 5) is 3.62. The maximum Gasteiger partial charge on any atom is 0.292 e. The van der Waals surface area contributed by atoms with Gasteiger partial charge >= 0.3 is 0 Å². The number of aromatic nitrogens is 1. The number of hydrogen-bond donors (Lipinski definition) is 1. The van der Waals surface area contributed by atoms with Crippen molar-refractivity contribution in [1.29, 1.82) is 0 Å². The van der Waals surface area contributed by atoms with Gasteiger partial charge in [0.25, 0.3) is 6.01 Å². The summed E-state index contributed by atoms with van der Waals surface area (Å²) in [5, 5.41) is 0. The number of hydrogen-bond acceptors (Lipinski definition) is 3. The summed E-state index contributed by atoms with van der Waals surface area (Å²) in [6.45, 7) is 0. The van der Waals surface area contributed by atoms with E-state index in [0.29, 0.717) is 0 Å². The van der Waals surface area contributed by atoms with E-state index in [1.165, 1.54) is 6.20 Å². The minimum Gasteiger partial charge on any atom is -0.424 e. The summed E-state index contributed by atoms with van der Waals surface area (Å²) in [7, 11) is 0. The summed E-state index contributed by atoms with van der Waals surface area (Å²) in [6.07, 6.45) is 1.31. The lowest BCUT2D eigenvalue weighted by Crippen LogP contribution is -1.82. The fraction of sp³-hybridized carbons (Fsp3) is 0. The molecule has 14 heavy (non-hydrogen) atoms. The van der Waals surface area contributed by atoms with Crippen LogP contribution in [0.4, 0.5) is 14.8 Å². The molecule has 0 saturated heterocycles. The monoisotopic (exact) mass is 196 g/mol. The second kappa shape index (κ2) is 3.10. The number of rotatable bonds is 1. The Kier molecular flexibility index (Phi) is 1.92. The van der Waals surface area contributed by atoms with Gasteiger partial charge < -0.3 is 10.2 Å². The van der Waals surface area contributed by atoms with E-state index in [9.17, 15) is 8.78 Å². The molecule has 2 N–H and O–H groups in total. The zero-order valence-electron chi connectivity index (χ0n) is 7.00. The van der Waals surface area contributed by atoms with Crippen LogP contribution in [0.5, 0.6) is 0 Å². The summed E-state index contributed by atoms with van der Waals surface area (Å²) in [6, 6.07) is 3.03. The van der Waals surface area contributed by atoms with Crippen molar-refractivity contribution in [3.63, 3.8) is 0 Å². The molecule has 0 unspecified atom stereocenters. The van der Waals surface area contributed by atoms with Crippen LogP contribution in [-0.2, 0) is 0 Å². The highest BCUT2D eigenvalue weighted by atomic mass is 19.1. The van der Waals surface area contributed by atoms with E-state index in [2.05, 4.69) is 4.98 Å². The Hall–Kier alpha value is -1.91. The molecule has 3 nitrogen and oxygen atoms in total. The van der Waals surface area contributed by atoms with Crippen molar-refractivity contribution < 1.29 is 13.2 Å². The molecule has 0 amide bonds. The first-order valence-corrected chi connectivity index (χ1v) is 3.83. The molecule has 2 aromatic rings. The fourth-order valence-corrected chi connectivity index (χ4v) is 1.12. The maximum atomic E-state index is 12.8. The van der Waals surface area contributed by atoms with Crippen molar-refractivity contribution in [3.05, 3.63) is 36.0 Å². The van der Waals surface area contributed by atoms with E-state index < -0.39 is 11.6 Å². The van der Waals surface area contributed by atoms with Crippen molar-refractivity contribution in [2.24, 2.45) is 0 Å². The molecule has 2 rings (SSSR count). The van der Waals surface area contributed by atoms with Crippen LogP contribution in [0, 0.1) is 11.6 Å². The molecule has 72 valence electrons. The molecule has 0 radical (unpaired) electrons. The van der Waals surface area contributed by atoms with Crippen LogP contribution in [0.2, 0.25) is 0 Å². The third-order valence-corrected chi connectivity index (χ3v) is 1.67. The van der Waals surface area contributed by atoms with Crippen molar-refractivity contribution in [1.82, 2.24) is 4.98 Å². The lowest BCUT2D eigenvalue weighted by Gasteiger charge is -1.96. The Morgan fingerprint density at radius 3 is 2.29 bits per heavy atom. The molecule has 1 heterocycles. The zero-order chi connectivity index (χ0) is 10.1. The van der Waals surface area contributed by atoms with Gasteiger partial charge in [-0.15, -0.1) is 0 Å². The van der Waals surface area contributed by atoms with Crippen LogP contribution in [0.3, 0.4) is 0 Å². The van der Waals surface area contributed by atoms with Crippen molar-refractivity contribution >= 4 is 6.01 Å². The molecule has 1 aromatic carbocycles. The quantitative estimate of drug-likeness (QED) is 0.760. The fourth-order valence-electron chi connectivity index (χ4n) is 1.12. The summed E-state index contributed by atoms with van der Waals surface area (Å²) < 4.78 is 30.5. The van der Waals surface area contributed by atoms with Gasteiger partial charge in [-0.3, -0.25) is 0 Å². The van der Waals surface area contributed by atoms with Crippen LogP contribution in [-0.4, -0.2) is 4.98 Å². The first-order valence-electron chi connectivity index (χ1n) is 3.83. The van der Waals surface area contributed by atoms with E-state index in [-0.39, 0.29) is 17.3 Å². The highest BCUT2D eigenvalue weighted by Gasteiger charge is 2.07. The predicted octanol–water partition coefficient (Wildman–Crippen LogP) is 2.20. The van der Waals surface area contributed by atoms with Gasteiger partial charge in [0.2, 0.25) is 0 Å². The Balaban J connectivity index is 2.51. The zero-order valence-corrected chi connectivity index (χ0v) is 7.00. The molecular weight excluding hydrogens is 190 g/mol. The Bertz CT molecular complexity index is 447. The SMILES string of the molecule is Nc1ncc(-c2cc(F)cc(F)c2)o1. The standard InChI is InChI=1S/C9H6F2N2O/c10-6-1-5(2-7(11)3-6)8-4-13-9(12)14-8/h1-4H,(H2,12,13). The molecule has 0 spiro atoms. The smallest absolute Gasteiger partial charge is 0.292 e. The molecule has 0 aliphatic heterocycles. The van der Waals surface area contributed by atoms with Gasteiger partial charge in [-0.05, 0) is 12.1 Å². The maximum absolute atomic E-state index is 12.8. The second-order valence-electron chi connectivity index (χ2n) is 2.72. The number of nitrogens with two attached hydrogens (primary N) is 1. The molecule has 0 saturated carbocycles. The number of halogens is 2. The second-order valence-corrected chi connectivity index (χ2v) is 2.72. The normalized spacial score (nSPS) is 10.4. The first kappa shape index (κ1) is 8.68. The van der Waals surface area contributed by atoms with E-state index >= 15 is 0 Å². The van der Waals surface area contributed by atoms with Crippen molar-refractivity contribution in [2.45, 2.75) is 0 Å². The summed E-state index contributed by atoms with van der Waals surface area (Å²) >= 11 is 0. The van der Waals surface area contributed by atoms with Crippen LogP contribution in [0.1, 0.15) is 0 Å². The molecule has 0 atom stereocenters. The van der Waals surface area contributed by atoms with E-state index in [4.69, 9.17) is 10.2 Å². The number of benzene rings is 1. The number of nitrogen functional groups attached to an aromatic ring is 1. The molecular formula is C9H6F2N2O. The van der Waals surface area contributed by atoms with E-state index in [0.717, 1.165) is 18.2 Å². The summed E-state index contributed by atoms with van der Waals surface area (Å²) in [5.41, 5.74) is 5.50. The van der Waals surface area contributed by atoms with E-state index in [1.54, 1.807) is 0 Å². The van der Waals surface area contributed by atoms with Gasteiger partial charge in [0.15, 0.2) is 5.76 Å². The Labute approximate surface area is 78.2 Å². The third kappa shape index (κ3) is 1.56. The number of oxazole rings is 1. The van der Waals surface area contributed by atoms with Crippen LogP contribution < -0.4 is 5.73 Å². The van der Waals surface area contributed by atoms with Crippen molar-refractivity contribution in [2.75, 3.05) is 5.73 Å². The Morgan fingerprint density at radius 2 is 1.79 bits per heavy atom. The average Bonchev–Trinajstić information content (AvgIpc) is 2.50. The van der Waals surface area contributed by atoms with Crippen LogP contribution in [0.15, 0.2) is 28.8 Å². The van der Waals surface area contributed by atoms with E-state index in [1.807, 2.05) is 0 Å². The highest BCUT2D eigenvalue weighted by Crippen LogP contribution is 2.22. The largest absolute Gasteiger partial charge is 0.424 e. The van der Waals surface area contributed by atoms with Crippen LogP contribution in [0.25, 0.3) is 11.3 Å². The molecule has 0 bridgehead atoms. The van der Waals surface area contributed by atoms with Gasteiger partial charge in [0.05, 0.1) is 6.20 Å². The lowest BCUT2D eigenvalue weighted by atomic mass is 10.2. The highest BCUT2D eigenvalue weighted by molar-refractivity contribution is 5.57. The molecule has 0 aliphatic rings. The topological polar surface area (TPSA) is 52.0 Å². The number of nitrogens with zero attached hydrogens (tertiary/aromatic N) is 1. The molecule has 5 heteroatoms. The lowest BCUT2D eigenvalue weighted by molar-refractivity contribution is 0.574. The van der Waals surface area contributed by atoms with Crippen molar-refractivity contribution in [3.8, 4) is 11.3 Å². The Morgan fingerprint density at radius 1 is 1.14 bits per heavy atom. The summed E-state index contributed by atoms with van der Waals surface area (Å²) in [5.74, 6) is -1.11. The molecule has 1 aromatic heterocycles. The van der Waals surface area contributed by atoms with Gasteiger partial charge in [0.1, 0.15) is 11.6 Å². The van der Waals surface area contributed by atoms with Gasteiger partial charge in [-0.25, -0.2) is 13.8 Å². The van der Waals surface area contributed by atoms with Gasteiger partial charge in [0, 0.05) is 11.6 Å². The third-order valence-electron chi connectivity index (χ3n) is 1.67. The van der Waals surface area contributed by atoms with Gasteiger partial charge in [-0.2, -0.15) is 0 Å². The minimum atomic E-state index is -0.671. The van der Waals surface area contributed by atoms with Gasteiger partial charge in [-0.1, -0.05) is 0 Å². The first-order chi connectivity index (χ1) is 6.65. The molecule has 0 aliphatic carbocycles.